The normalized spacial score (nSPS) is 22.0. The number of fused-ring (bicyclic) bond motifs is 1. The van der Waals surface area contributed by atoms with Gasteiger partial charge in [-0.05, 0) is 48.9 Å². The van der Waals surface area contributed by atoms with Crippen LogP contribution in [0.5, 0.6) is 0 Å². The smallest absolute Gasteiger partial charge is 0.234 e. The Labute approximate surface area is 189 Å². The molecule has 0 radical (unpaired) electrons. The molecule has 2 aliphatic rings. The molecule has 0 saturated carbocycles. The van der Waals surface area contributed by atoms with E-state index in [-0.39, 0.29) is 35.2 Å². The summed E-state index contributed by atoms with van der Waals surface area (Å²) in [5.41, 5.74) is 2.28. The van der Waals surface area contributed by atoms with Gasteiger partial charge in [-0.1, -0.05) is 41.0 Å². The first-order valence-corrected chi connectivity index (χ1v) is 12.8. The van der Waals surface area contributed by atoms with Crippen molar-refractivity contribution >= 4 is 67.3 Å². The van der Waals surface area contributed by atoms with E-state index in [1.165, 1.54) is 11.8 Å². The lowest BCUT2D eigenvalue weighted by molar-refractivity contribution is -0.113. The van der Waals surface area contributed by atoms with E-state index >= 15 is 0 Å². The van der Waals surface area contributed by atoms with E-state index in [0.29, 0.717) is 20.9 Å². The third-order valence-corrected chi connectivity index (χ3v) is 8.41. The molecule has 0 spiro atoms. The Morgan fingerprint density at radius 2 is 1.93 bits per heavy atom. The number of thioether (sulfide) groups is 1. The zero-order valence-corrected chi connectivity index (χ0v) is 19.2. The van der Waals surface area contributed by atoms with Crippen LogP contribution in [0.3, 0.4) is 0 Å². The summed E-state index contributed by atoms with van der Waals surface area (Å²) in [5.74, 6) is 0.0246. The van der Waals surface area contributed by atoms with Crippen LogP contribution in [0.1, 0.15) is 5.56 Å². The molecule has 1 fully saturated rings. The maximum absolute atomic E-state index is 12.5. The number of carbonyl (C=O) groups is 1. The highest BCUT2D eigenvalue weighted by Crippen LogP contribution is 2.35. The van der Waals surface area contributed by atoms with Gasteiger partial charge in [-0.2, -0.15) is 0 Å². The monoisotopic (exact) mass is 483 g/mol. The Bertz CT molecular complexity index is 1120. The number of benzene rings is 2. The molecule has 2 aromatic rings. The number of amides is 1. The summed E-state index contributed by atoms with van der Waals surface area (Å²) in [6.07, 6.45) is 0. The van der Waals surface area contributed by atoms with Crippen molar-refractivity contribution in [3.05, 3.63) is 58.1 Å². The SMILES string of the molecule is Cc1c(Cl)cccc1NC(=O)CSC1=N[C@@H]2CS(=O)(=O)C[C@@H]2N1c1ccc(Cl)cc1. The molecule has 2 aromatic carbocycles. The van der Waals surface area contributed by atoms with Crippen molar-refractivity contribution in [2.75, 3.05) is 27.5 Å². The van der Waals surface area contributed by atoms with Gasteiger partial charge in [-0.25, -0.2) is 8.42 Å². The van der Waals surface area contributed by atoms with Crippen LogP contribution in [0.4, 0.5) is 11.4 Å². The molecule has 1 N–H and O–H groups in total. The molecule has 0 aromatic heterocycles. The Morgan fingerprint density at radius 3 is 2.67 bits per heavy atom. The van der Waals surface area contributed by atoms with Gasteiger partial charge < -0.3 is 10.2 Å². The highest BCUT2D eigenvalue weighted by Gasteiger charge is 2.47. The molecule has 30 heavy (non-hydrogen) atoms. The predicted molar refractivity (Wildman–Crippen MR) is 125 cm³/mol. The van der Waals surface area contributed by atoms with Gasteiger partial charge in [0, 0.05) is 21.4 Å². The summed E-state index contributed by atoms with van der Waals surface area (Å²) in [5, 5.41) is 4.69. The Morgan fingerprint density at radius 1 is 1.20 bits per heavy atom. The van der Waals surface area contributed by atoms with Crippen LogP contribution in [0.2, 0.25) is 10.0 Å². The van der Waals surface area contributed by atoms with Gasteiger partial charge >= 0.3 is 0 Å². The largest absolute Gasteiger partial charge is 0.325 e. The number of halogens is 2. The summed E-state index contributed by atoms with van der Waals surface area (Å²) < 4.78 is 24.2. The van der Waals surface area contributed by atoms with Gasteiger partial charge in [0.25, 0.3) is 0 Å². The van der Waals surface area contributed by atoms with Crippen molar-refractivity contribution in [2.45, 2.75) is 19.0 Å². The number of hydrogen-bond donors (Lipinski definition) is 1. The van der Waals surface area contributed by atoms with E-state index in [2.05, 4.69) is 10.3 Å². The van der Waals surface area contributed by atoms with Crippen LogP contribution in [-0.4, -0.2) is 48.8 Å². The van der Waals surface area contributed by atoms with Crippen molar-refractivity contribution in [3.63, 3.8) is 0 Å². The first kappa shape index (κ1) is 21.5. The molecule has 1 amide bonds. The van der Waals surface area contributed by atoms with E-state index in [9.17, 15) is 13.2 Å². The van der Waals surface area contributed by atoms with Crippen molar-refractivity contribution in [3.8, 4) is 0 Å². The first-order chi connectivity index (χ1) is 14.2. The van der Waals surface area contributed by atoms with Gasteiger partial charge in [-0.3, -0.25) is 9.79 Å². The average Bonchev–Trinajstić information content (AvgIpc) is 3.16. The second-order valence-corrected chi connectivity index (χ2v) is 11.2. The van der Waals surface area contributed by atoms with Crippen molar-refractivity contribution in [1.82, 2.24) is 0 Å². The predicted octanol–water partition coefficient (Wildman–Crippen LogP) is 4.02. The quantitative estimate of drug-likeness (QED) is 0.710. The third kappa shape index (κ3) is 4.46. The van der Waals surface area contributed by atoms with Crippen LogP contribution >= 0.6 is 35.0 Å². The number of nitrogens with one attached hydrogen (secondary N) is 1. The lowest BCUT2D eigenvalue weighted by atomic mass is 10.1. The lowest BCUT2D eigenvalue weighted by Crippen LogP contribution is -2.39. The van der Waals surface area contributed by atoms with Crippen LogP contribution in [0.15, 0.2) is 47.5 Å². The molecule has 6 nitrogen and oxygen atoms in total. The second-order valence-electron chi connectivity index (χ2n) is 7.22. The maximum Gasteiger partial charge on any atom is 0.234 e. The molecule has 0 aliphatic carbocycles. The number of rotatable bonds is 4. The second kappa shape index (κ2) is 8.42. The minimum Gasteiger partial charge on any atom is -0.325 e. The Hall–Kier alpha value is -1.74. The summed E-state index contributed by atoms with van der Waals surface area (Å²) >= 11 is 13.4. The van der Waals surface area contributed by atoms with E-state index < -0.39 is 9.84 Å². The van der Waals surface area contributed by atoms with Gasteiger partial charge in [0.2, 0.25) is 5.91 Å². The minimum absolute atomic E-state index is 0.0275. The van der Waals surface area contributed by atoms with Crippen LogP contribution in [0.25, 0.3) is 0 Å². The van der Waals surface area contributed by atoms with Crippen LogP contribution in [0, 0.1) is 6.92 Å². The van der Waals surface area contributed by atoms with E-state index in [0.717, 1.165) is 11.3 Å². The average molecular weight is 484 g/mol. The maximum atomic E-state index is 12.5. The zero-order valence-electron chi connectivity index (χ0n) is 16.0. The standard InChI is InChI=1S/C20H19Cl2N3O3S2/c1-12-15(22)3-2-4-16(12)23-19(26)9-29-20-24-17-10-30(27,28)11-18(17)25(20)14-7-5-13(21)6-8-14/h2-8,17-18H,9-11H2,1H3,(H,23,26)/t17-,18+/m1/s1. The highest BCUT2D eigenvalue weighted by atomic mass is 35.5. The van der Waals surface area contributed by atoms with E-state index in [1.54, 1.807) is 30.3 Å². The number of hydrogen-bond acceptors (Lipinski definition) is 6. The topological polar surface area (TPSA) is 78.8 Å². The molecular weight excluding hydrogens is 465 g/mol. The van der Waals surface area contributed by atoms with Gasteiger partial charge in [-0.15, -0.1) is 0 Å². The number of amidine groups is 1. The van der Waals surface area contributed by atoms with Gasteiger partial charge in [0.15, 0.2) is 15.0 Å². The number of aliphatic imine (C=N–C) groups is 1. The molecule has 10 heteroatoms. The minimum atomic E-state index is -3.13. The fourth-order valence-electron chi connectivity index (χ4n) is 3.60. The highest BCUT2D eigenvalue weighted by molar-refractivity contribution is 8.14. The van der Waals surface area contributed by atoms with Crippen molar-refractivity contribution in [2.24, 2.45) is 4.99 Å². The van der Waals surface area contributed by atoms with Gasteiger partial charge in [0.1, 0.15) is 0 Å². The summed E-state index contributed by atoms with van der Waals surface area (Å²) in [4.78, 5) is 19.0. The number of sulfone groups is 1. The molecule has 2 atom stereocenters. The zero-order chi connectivity index (χ0) is 21.5. The fourth-order valence-corrected chi connectivity index (χ4v) is 6.66. The van der Waals surface area contributed by atoms with Crippen LogP contribution < -0.4 is 10.2 Å². The Kier molecular flexibility index (Phi) is 6.03. The molecule has 158 valence electrons. The lowest BCUT2D eigenvalue weighted by Gasteiger charge is -2.26. The molecule has 0 bridgehead atoms. The fraction of sp³-hybridized carbons (Fsp3) is 0.300. The van der Waals surface area contributed by atoms with Crippen molar-refractivity contribution < 1.29 is 13.2 Å². The number of carbonyl (C=O) groups excluding carboxylic acids is 1. The summed E-state index contributed by atoms with van der Waals surface area (Å²) in [6.45, 7) is 1.84. The van der Waals surface area contributed by atoms with E-state index in [4.69, 9.17) is 23.2 Å². The number of anilines is 2. The molecule has 2 heterocycles. The molecule has 4 rings (SSSR count). The van der Waals surface area contributed by atoms with Crippen molar-refractivity contribution in [1.29, 1.82) is 0 Å². The van der Waals surface area contributed by atoms with Crippen LogP contribution in [-0.2, 0) is 14.6 Å². The first-order valence-electron chi connectivity index (χ1n) is 9.24. The number of nitrogens with zero attached hydrogens (tertiary/aromatic N) is 2. The molecular formula is C20H19Cl2N3O3S2. The molecule has 2 aliphatic heterocycles. The third-order valence-electron chi connectivity index (χ3n) is 5.09. The molecule has 1 saturated heterocycles. The van der Waals surface area contributed by atoms with E-state index in [1.807, 2.05) is 24.0 Å². The molecule has 0 unspecified atom stereocenters. The van der Waals surface area contributed by atoms with Gasteiger partial charge in [0.05, 0.1) is 29.3 Å². The Balaban J connectivity index is 1.51. The summed E-state index contributed by atoms with van der Waals surface area (Å²) in [7, 11) is -3.13. The summed E-state index contributed by atoms with van der Waals surface area (Å²) in [6, 6.07) is 11.9.